The zero-order valence-corrected chi connectivity index (χ0v) is 8.16. The van der Waals surface area contributed by atoms with Crippen LogP contribution in [0.4, 0.5) is 0 Å². The van der Waals surface area contributed by atoms with E-state index in [9.17, 15) is 4.79 Å². The van der Waals surface area contributed by atoms with Crippen LogP contribution in [0.15, 0.2) is 0 Å². The molecule has 76 valence electrons. The summed E-state index contributed by atoms with van der Waals surface area (Å²) in [4.78, 5) is 12.9. The van der Waals surface area contributed by atoms with E-state index in [0.29, 0.717) is 0 Å². The number of aliphatic hydroxyl groups is 1. The molecule has 0 spiro atoms. The molecule has 1 aliphatic heterocycles. The number of carbonyl (C=O) groups is 1. The van der Waals surface area contributed by atoms with Crippen LogP contribution in [-0.4, -0.2) is 45.8 Å². The highest BCUT2D eigenvalue weighted by atomic mass is 16.4. The molecule has 2 atom stereocenters. The van der Waals surface area contributed by atoms with Gasteiger partial charge in [0.25, 0.3) is 0 Å². The van der Waals surface area contributed by atoms with Gasteiger partial charge < -0.3 is 10.2 Å². The topological polar surface area (TPSA) is 60.8 Å². The Hall–Kier alpha value is -0.610. The molecule has 0 aromatic carbocycles. The van der Waals surface area contributed by atoms with Gasteiger partial charge in [-0.05, 0) is 33.2 Å². The van der Waals surface area contributed by atoms with Crippen LogP contribution in [0.25, 0.3) is 0 Å². The van der Waals surface area contributed by atoms with Crippen LogP contribution in [0.5, 0.6) is 0 Å². The summed E-state index contributed by atoms with van der Waals surface area (Å²) in [5.74, 6) is -0.941. The minimum atomic E-state index is -1.10. The smallest absolute Gasteiger partial charge is 0.326 e. The SMILES string of the molecule is CC1CCCN1C(C)(CO)C(=O)O. The summed E-state index contributed by atoms with van der Waals surface area (Å²) in [6.07, 6.45) is 2.03. The molecular formula is C9H17NO3. The van der Waals surface area contributed by atoms with Crippen LogP contribution in [0, 0.1) is 0 Å². The maximum absolute atomic E-state index is 11.0. The van der Waals surface area contributed by atoms with Gasteiger partial charge in [0.1, 0.15) is 5.54 Å². The Balaban J connectivity index is 2.81. The first kappa shape index (κ1) is 10.5. The van der Waals surface area contributed by atoms with Crippen LogP contribution >= 0.6 is 0 Å². The number of likely N-dealkylation sites (tertiary alicyclic amines) is 1. The normalized spacial score (nSPS) is 28.7. The van der Waals surface area contributed by atoms with E-state index in [4.69, 9.17) is 10.2 Å². The minimum absolute atomic E-state index is 0.258. The zero-order chi connectivity index (χ0) is 10.1. The van der Waals surface area contributed by atoms with Gasteiger partial charge in [-0.25, -0.2) is 0 Å². The van der Waals surface area contributed by atoms with Gasteiger partial charge in [0.15, 0.2) is 0 Å². The van der Waals surface area contributed by atoms with Gasteiger partial charge in [-0.1, -0.05) is 0 Å². The Kier molecular flexibility index (Phi) is 2.93. The molecule has 0 saturated carbocycles. The zero-order valence-electron chi connectivity index (χ0n) is 8.16. The monoisotopic (exact) mass is 187 g/mol. The lowest BCUT2D eigenvalue weighted by Gasteiger charge is -2.36. The third-order valence-corrected chi connectivity index (χ3v) is 2.96. The molecule has 1 rings (SSSR count). The van der Waals surface area contributed by atoms with Crippen molar-refractivity contribution in [2.24, 2.45) is 0 Å². The van der Waals surface area contributed by atoms with Gasteiger partial charge in [-0.15, -0.1) is 0 Å². The Morgan fingerprint density at radius 2 is 2.31 bits per heavy atom. The molecule has 0 radical (unpaired) electrons. The van der Waals surface area contributed by atoms with Crippen LogP contribution < -0.4 is 0 Å². The number of aliphatic hydroxyl groups excluding tert-OH is 1. The third-order valence-electron chi connectivity index (χ3n) is 2.96. The van der Waals surface area contributed by atoms with E-state index in [1.54, 1.807) is 6.92 Å². The van der Waals surface area contributed by atoms with E-state index in [-0.39, 0.29) is 12.6 Å². The fraction of sp³-hybridized carbons (Fsp3) is 0.889. The lowest BCUT2D eigenvalue weighted by molar-refractivity contribution is -0.153. The lowest BCUT2D eigenvalue weighted by atomic mass is 10.0. The highest BCUT2D eigenvalue weighted by Gasteiger charge is 2.43. The third kappa shape index (κ3) is 1.69. The predicted molar refractivity (Wildman–Crippen MR) is 48.5 cm³/mol. The highest BCUT2D eigenvalue weighted by Crippen LogP contribution is 2.26. The number of hydrogen-bond acceptors (Lipinski definition) is 3. The number of hydrogen-bond donors (Lipinski definition) is 2. The molecule has 1 aliphatic rings. The molecule has 2 N–H and O–H groups in total. The number of rotatable bonds is 3. The van der Waals surface area contributed by atoms with Crippen molar-refractivity contribution in [3.8, 4) is 0 Å². The van der Waals surface area contributed by atoms with Gasteiger partial charge in [0, 0.05) is 6.04 Å². The highest BCUT2D eigenvalue weighted by molar-refractivity contribution is 5.78. The number of carboxylic acid groups (broad SMARTS) is 1. The first-order valence-corrected chi connectivity index (χ1v) is 4.63. The Morgan fingerprint density at radius 3 is 2.62 bits per heavy atom. The van der Waals surface area contributed by atoms with E-state index in [1.165, 1.54) is 0 Å². The van der Waals surface area contributed by atoms with E-state index < -0.39 is 11.5 Å². The molecule has 0 bridgehead atoms. The first-order chi connectivity index (χ1) is 6.02. The second-order valence-electron chi connectivity index (χ2n) is 3.92. The second kappa shape index (κ2) is 3.64. The molecule has 13 heavy (non-hydrogen) atoms. The second-order valence-corrected chi connectivity index (χ2v) is 3.92. The summed E-state index contributed by atoms with van der Waals surface area (Å²) in [5, 5.41) is 18.1. The number of aliphatic carboxylic acids is 1. The molecule has 4 heteroatoms. The fourth-order valence-electron chi connectivity index (χ4n) is 1.95. The molecule has 2 unspecified atom stereocenters. The molecule has 0 aromatic rings. The maximum Gasteiger partial charge on any atom is 0.326 e. The van der Waals surface area contributed by atoms with E-state index >= 15 is 0 Å². The molecule has 1 saturated heterocycles. The van der Waals surface area contributed by atoms with Gasteiger partial charge in [0.05, 0.1) is 6.61 Å². The summed E-state index contributed by atoms with van der Waals surface area (Å²) in [5.41, 5.74) is -1.10. The summed E-state index contributed by atoms with van der Waals surface area (Å²) >= 11 is 0. The van der Waals surface area contributed by atoms with Crippen molar-refractivity contribution in [3.05, 3.63) is 0 Å². The molecule has 0 aliphatic carbocycles. The summed E-state index contributed by atoms with van der Waals surface area (Å²) in [6.45, 7) is 4.03. The predicted octanol–water partition coefficient (Wildman–Crippen LogP) is 0.306. The van der Waals surface area contributed by atoms with Crippen molar-refractivity contribution in [3.63, 3.8) is 0 Å². The van der Waals surface area contributed by atoms with Crippen molar-refractivity contribution in [1.82, 2.24) is 4.90 Å². The van der Waals surface area contributed by atoms with Crippen LogP contribution in [0.2, 0.25) is 0 Å². The van der Waals surface area contributed by atoms with E-state index in [0.717, 1.165) is 19.4 Å². The van der Waals surface area contributed by atoms with Crippen molar-refractivity contribution in [2.45, 2.75) is 38.3 Å². The summed E-state index contributed by atoms with van der Waals surface area (Å²) < 4.78 is 0. The molecule has 4 nitrogen and oxygen atoms in total. The Morgan fingerprint density at radius 1 is 1.69 bits per heavy atom. The standard InChI is InChI=1S/C9H17NO3/c1-7-4-3-5-10(7)9(2,6-11)8(12)13/h7,11H,3-6H2,1-2H3,(H,12,13). The van der Waals surface area contributed by atoms with E-state index in [1.807, 2.05) is 11.8 Å². The molecule has 0 aromatic heterocycles. The average Bonchev–Trinajstić information content (AvgIpc) is 2.50. The van der Waals surface area contributed by atoms with Gasteiger partial charge in [-0.2, -0.15) is 0 Å². The van der Waals surface area contributed by atoms with Crippen molar-refractivity contribution >= 4 is 5.97 Å². The largest absolute Gasteiger partial charge is 0.480 e. The first-order valence-electron chi connectivity index (χ1n) is 4.63. The average molecular weight is 187 g/mol. The summed E-state index contributed by atoms with van der Waals surface area (Å²) in [6, 6.07) is 0.258. The molecule has 0 amide bonds. The fourth-order valence-corrected chi connectivity index (χ4v) is 1.95. The van der Waals surface area contributed by atoms with Gasteiger partial charge in [-0.3, -0.25) is 9.69 Å². The van der Waals surface area contributed by atoms with Crippen LogP contribution in [0.3, 0.4) is 0 Å². The molecular weight excluding hydrogens is 170 g/mol. The van der Waals surface area contributed by atoms with Gasteiger partial charge in [0.2, 0.25) is 0 Å². The Labute approximate surface area is 78.2 Å². The molecule has 1 heterocycles. The lowest BCUT2D eigenvalue weighted by Crippen LogP contribution is -2.56. The minimum Gasteiger partial charge on any atom is -0.480 e. The number of carboxylic acids is 1. The van der Waals surface area contributed by atoms with Gasteiger partial charge >= 0.3 is 5.97 Å². The summed E-state index contributed by atoms with van der Waals surface area (Å²) in [7, 11) is 0. The van der Waals surface area contributed by atoms with Crippen LogP contribution in [-0.2, 0) is 4.79 Å². The number of nitrogens with zero attached hydrogens (tertiary/aromatic N) is 1. The van der Waals surface area contributed by atoms with Crippen molar-refractivity contribution in [1.29, 1.82) is 0 Å². The quantitative estimate of drug-likeness (QED) is 0.667. The molecule has 1 fully saturated rings. The maximum atomic E-state index is 11.0. The van der Waals surface area contributed by atoms with Crippen molar-refractivity contribution < 1.29 is 15.0 Å². The van der Waals surface area contributed by atoms with E-state index in [2.05, 4.69) is 0 Å². The van der Waals surface area contributed by atoms with Crippen molar-refractivity contribution in [2.75, 3.05) is 13.2 Å². The Bertz CT molecular complexity index is 207. The van der Waals surface area contributed by atoms with Crippen LogP contribution in [0.1, 0.15) is 26.7 Å².